The van der Waals surface area contributed by atoms with Crippen LogP contribution in [0.2, 0.25) is 5.15 Å². The van der Waals surface area contributed by atoms with Gasteiger partial charge in [-0.05, 0) is 12.1 Å². The fourth-order valence-electron chi connectivity index (χ4n) is 1.77. The summed E-state index contributed by atoms with van der Waals surface area (Å²) >= 11 is 7.24. The second-order valence-corrected chi connectivity index (χ2v) is 4.83. The summed E-state index contributed by atoms with van der Waals surface area (Å²) in [6.07, 6.45) is 0. The predicted octanol–water partition coefficient (Wildman–Crippen LogP) is 2.89. The van der Waals surface area contributed by atoms with E-state index in [9.17, 15) is 4.79 Å². The Hall–Kier alpha value is -1.59. The first-order valence-electron chi connectivity index (χ1n) is 5.01. The highest BCUT2D eigenvalue weighted by Crippen LogP contribution is 2.36. The van der Waals surface area contributed by atoms with Crippen molar-refractivity contribution in [2.24, 2.45) is 0 Å². The molecule has 1 aliphatic rings. The van der Waals surface area contributed by atoms with Crippen LogP contribution in [0.5, 0.6) is 0 Å². The van der Waals surface area contributed by atoms with E-state index in [1.165, 1.54) is 11.3 Å². The molecule has 0 spiro atoms. The van der Waals surface area contributed by atoms with Gasteiger partial charge in [0.15, 0.2) is 5.13 Å². The molecule has 6 heteroatoms. The van der Waals surface area contributed by atoms with Crippen LogP contribution in [0, 0.1) is 0 Å². The zero-order chi connectivity index (χ0) is 11.8. The minimum Gasteiger partial charge on any atom is -0.323 e. The maximum Gasteiger partial charge on any atom is 0.244 e. The Kier molecular flexibility index (Phi) is 2.49. The lowest BCUT2D eigenvalue weighted by atomic mass is 10.2. The lowest BCUT2D eigenvalue weighted by Crippen LogP contribution is -2.34. The Morgan fingerprint density at radius 1 is 1.41 bits per heavy atom. The fraction of sp³-hybridized carbons (Fsp3) is 0.0909. The van der Waals surface area contributed by atoms with Crippen molar-refractivity contribution in [2.45, 2.75) is 0 Å². The molecule has 2 aromatic rings. The SMILES string of the molecule is O=C1CN(c2nc(Cl)cs2)c2ccccc2N1. The summed E-state index contributed by atoms with van der Waals surface area (Å²) in [5.41, 5.74) is 1.74. The van der Waals surface area contributed by atoms with Crippen molar-refractivity contribution >= 4 is 45.4 Å². The Bertz CT molecular complexity index is 584. The monoisotopic (exact) mass is 265 g/mol. The van der Waals surface area contributed by atoms with E-state index in [2.05, 4.69) is 10.3 Å². The Morgan fingerprint density at radius 2 is 2.24 bits per heavy atom. The van der Waals surface area contributed by atoms with E-state index in [0.29, 0.717) is 5.15 Å². The number of thiazole rings is 1. The fourth-order valence-corrected chi connectivity index (χ4v) is 2.73. The number of rotatable bonds is 1. The summed E-state index contributed by atoms with van der Waals surface area (Å²) in [6, 6.07) is 7.63. The van der Waals surface area contributed by atoms with E-state index in [1.54, 1.807) is 5.38 Å². The summed E-state index contributed by atoms with van der Waals surface area (Å²) in [5.74, 6) is -0.0463. The highest BCUT2D eigenvalue weighted by atomic mass is 35.5. The number of fused-ring (bicyclic) bond motifs is 1. The number of halogens is 1. The third kappa shape index (κ3) is 1.87. The van der Waals surface area contributed by atoms with E-state index in [0.717, 1.165) is 16.5 Å². The van der Waals surface area contributed by atoms with E-state index >= 15 is 0 Å². The van der Waals surface area contributed by atoms with Crippen molar-refractivity contribution in [1.29, 1.82) is 0 Å². The van der Waals surface area contributed by atoms with Crippen LogP contribution in [0.25, 0.3) is 0 Å². The number of para-hydroxylation sites is 2. The van der Waals surface area contributed by atoms with Gasteiger partial charge in [-0.1, -0.05) is 23.7 Å². The standard InChI is InChI=1S/C11H8ClN3OS/c12-9-6-17-11(14-9)15-5-10(16)13-7-3-1-2-4-8(7)15/h1-4,6H,5H2,(H,13,16). The van der Waals surface area contributed by atoms with E-state index in [1.807, 2.05) is 29.2 Å². The quantitative estimate of drug-likeness (QED) is 0.862. The molecule has 0 saturated carbocycles. The number of amides is 1. The van der Waals surface area contributed by atoms with E-state index in [4.69, 9.17) is 11.6 Å². The summed E-state index contributed by atoms with van der Waals surface area (Å²) in [6.45, 7) is 0.265. The Labute approximate surface area is 107 Å². The summed E-state index contributed by atoms with van der Waals surface area (Å²) in [7, 11) is 0. The molecule has 1 N–H and O–H groups in total. The van der Waals surface area contributed by atoms with Crippen LogP contribution in [0.1, 0.15) is 0 Å². The molecule has 0 bridgehead atoms. The largest absolute Gasteiger partial charge is 0.323 e. The van der Waals surface area contributed by atoms with Gasteiger partial charge in [0.05, 0.1) is 11.4 Å². The minimum absolute atomic E-state index is 0.0463. The molecule has 0 unspecified atom stereocenters. The minimum atomic E-state index is -0.0463. The molecule has 0 aliphatic carbocycles. The van der Waals surface area contributed by atoms with Crippen molar-refractivity contribution in [3.63, 3.8) is 0 Å². The molecule has 1 aromatic heterocycles. The van der Waals surface area contributed by atoms with Gasteiger partial charge in [0, 0.05) is 5.38 Å². The molecule has 86 valence electrons. The molecule has 1 aliphatic heterocycles. The highest BCUT2D eigenvalue weighted by molar-refractivity contribution is 7.14. The van der Waals surface area contributed by atoms with Crippen molar-refractivity contribution in [1.82, 2.24) is 4.98 Å². The predicted molar refractivity (Wildman–Crippen MR) is 69.2 cm³/mol. The van der Waals surface area contributed by atoms with Gasteiger partial charge in [-0.25, -0.2) is 4.98 Å². The number of benzene rings is 1. The smallest absolute Gasteiger partial charge is 0.244 e. The number of nitrogens with zero attached hydrogens (tertiary/aromatic N) is 2. The third-order valence-electron chi connectivity index (χ3n) is 2.47. The van der Waals surface area contributed by atoms with Crippen molar-refractivity contribution in [3.05, 3.63) is 34.8 Å². The Balaban J connectivity index is 2.09. The summed E-state index contributed by atoms with van der Waals surface area (Å²) in [5, 5.41) is 5.77. The van der Waals surface area contributed by atoms with Gasteiger partial charge in [-0.15, -0.1) is 11.3 Å². The van der Waals surface area contributed by atoms with Crippen molar-refractivity contribution in [3.8, 4) is 0 Å². The average molecular weight is 266 g/mol. The first-order chi connectivity index (χ1) is 8.24. The lowest BCUT2D eigenvalue weighted by Gasteiger charge is -2.28. The molecule has 2 heterocycles. The van der Waals surface area contributed by atoms with Gasteiger partial charge in [0.1, 0.15) is 11.7 Å². The van der Waals surface area contributed by atoms with Crippen LogP contribution >= 0.6 is 22.9 Å². The van der Waals surface area contributed by atoms with Crippen LogP contribution in [-0.2, 0) is 4.79 Å². The lowest BCUT2D eigenvalue weighted by molar-refractivity contribution is -0.115. The second-order valence-electron chi connectivity index (χ2n) is 3.60. The van der Waals surface area contributed by atoms with Crippen molar-refractivity contribution in [2.75, 3.05) is 16.8 Å². The van der Waals surface area contributed by atoms with Gasteiger partial charge >= 0.3 is 0 Å². The summed E-state index contributed by atoms with van der Waals surface area (Å²) in [4.78, 5) is 17.7. The molecule has 1 aromatic carbocycles. The molecule has 0 fully saturated rings. The number of nitrogens with one attached hydrogen (secondary N) is 1. The van der Waals surface area contributed by atoms with E-state index in [-0.39, 0.29) is 12.5 Å². The maximum atomic E-state index is 11.6. The first-order valence-corrected chi connectivity index (χ1v) is 6.27. The molecular weight excluding hydrogens is 258 g/mol. The first kappa shape index (κ1) is 10.6. The topological polar surface area (TPSA) is 45.2 Å². The zero-order valence-electron chi connectivity index (χ0n) is 8.68. The normalized spacial score (nSPS) is 14.4. The number of carbonyl (C=O) groups is 1. The van der Waals surface area contributed by atoms with Gasteiger partial charge in [0.25, 0.3) is 0 Å². The van der Waals surface area contributed by atoms with Gasteiger partial charge in [-0.2, -0.15) is 0 Å². The van der Waals surface area contributed by atoms with Gasteiger partial charge in [-0.3, -0.25) is 4.79 Å². The van der Waals surface area contributed by atoms with Crippen LogP contribution in [0.4, 0.5) is 16.5 Å². The van der Waals surface area contributed by atoms with Gasteiger partial charge < -0.3 is 10.2 Å². The maximum absolute atomic E-state index is 11.6. The van der Waals surface area contributed by atoms with E-state index < -0.39 is 0 Å². The Morgan fingerprint density at radius 3 is 3.00 bits per heavy atom. The van der Waals surface area contributed by atoms with Crippen LogP contribution in [0.3, 0.4) is 0 Å². The molecule has 0 atom stereocenters. The molecule has 3 rings (SSSR count). The number of carbonyl (C=O) groups excluding carboxylic acids is 1. The molecule has 0 saturated heterocycles. The number of hydrogen-bond acceptors (Lipinski definition) is 4. The van der Waals surface area contributed by atoms with Crippen molar-refractivity contribution < 1.29 is 4.79 Å². The second kappa shape index (κ2) is 4.01. The average Bonchev–Trinajstić information content (AvgIpc) is 2.74. The van der Waals surface area contributed by atoms with Gasteiger partial charge in [0.2, 0.25) is 5.91 Å². The number of anilines is 3. The zero-order valence-corrected chi connectivity index (χ0v) is 10.3. The number of hydrogen-bond donors (Lipinski definition) is 1. The molecule has 1 amide bonds. The van der Waals surface area contributed by atoms with Crippen LogP contribution in [0.15, 0.2) is 29.6 Å². The van der Waals surface area contributed by atoms with Crippen LogP contribution in [-0.4, -0.2) is 17.4 Å². The number of aromatic nitrogens is 1. The molecule has 0 radical (unpaired) electrons. The molecule has 17 heavy (non-hydrogen) atoms. The summed E-state index contributed by atoms with van der Waals surface area (Å²) < 4.78 is 0. The van der Waals surface area contributed by atoms with Crippen LogP contribution < -0.4 is 10.2 Å². The third-order valence-corrected chi connectivity index (χ3v) is 3.65. The molecular formula is C11H8ClN3OS. The molecule has 4 nitrogen and oxygen atoms in total. The highest BCUT2D eigenvalue weighted by Gasteiger charge is 2.24.